The van der Waals surface area contributed by atoms with Gasteiger partial charge < -0.3 is 15.0 Å². The maximum absolute atomic E-state index is 5.40. The second kappa shape index (κ2) is 6.81. The predicted molar refractivity (Wildman–Crippen MR) is 99.5 cm³/mol. The Hall–Kier alpha value is -3.08. The zero-order chi connectivity index (χ0) is 17.1. The summed E-state index contributed by atoms with van der Waals surface area (Å²) in [5, 5.41) is 3.37. The minimum atomic E-state index is 0.650. The van der Waals surface area contributed by atoms with Crippen LogP contribution in [0.3, 0.4) is 0 Å². The number of nitrogens with one attached hydrogen (secondary N) is 1. The Labute approximate surface area is 147 Å². The van der Waals surface area contributed by atoms with Crippen molar-refractivity contribution in [2.75, 3.05) is 23.9 Å². The van der Waals surface area contributed by atoms with Crippen LogP contribution in [0.4, 0.5) is 17.5 Å². The van der Waals surface area contributed by atoms with Crippen molar-refractivity contribution in [3.8, 4) is 5.75 Å². The predicted octanol–water partition coefficient (Wildman–Crippen LogP) is 3.79. The molecule has 0 saturated heterocycles. The van der Waals surface area contributed by atoms with Gasteiger partial charge in [-0.15, -0.1) is 0 Å². The van der Waals surface area contributed by atoms with E-state index in [1.165, 1.54) is 11.3 Å². The topological polar surface area (TPSA) is 50.3 Å². The van der Waals surface area contributed by atoms with Gasteiger partial charge in [-0.25, -0.2) is 4.98 Å². The zero-order valence-corrected chi connectivity index (χ0v) is 14.1. The van der Waals surface area contributed by atoms with Crippen molar-refractivity contribution >= 4 is 17.5 Å². The number of anilines is 3. The Morgan fingerprint density at radius 1 is 1.08 bits per heavy atom. The molecule has 126 valence electrons. The van der Waals surface area contributed by atoms with Crippen molar-refractivity contribution in [2.24, 2.45) is 0 Å². The minimum Gasteiger partial charge on any atom is -0.496 e. The molecule has 0 amide bonds. The maximum Gasteiger partial charge on any atom is 0.231 e. The van der Waals surface area contributed by atoms with E-state index in [4.69, 9.17) is 4.74 Å². The Morgan fingerprint density at radius 2 is 1.92 bits per heavy atom. The van der Waals surface area contributed by atoms with Crippen molar-refractivity contribution in [1.82, 2.24) is 9.97 Å². The number of ether oxygens (including phenoxy) is 1. The fourth-order valence-electron chi connectivity index (χ4n) is 3.16. The first-order chi connectivity index (χ1) is 12.3. The maximum atomic E-state index is 5.40. The van der Waals surface area contributed by atoms with Gasteiger partial charge in [0.15, 0.2) is 0 Å². The first kappa shape index (κ1) is 15.4. The summed E-state index contributed by atoms with van der Waals surface area (Å²) < 4.78 is 5.40. The lowest BCUT2D eigenvalue weighted by molar-refractivity contribution is 0.410. The molecule has 0 radical (unpaired) electrons. The molecule has 4 rings (SSSR count). The number of nitrogens with zero attached hydrogens (tertiary/aromatic N) is 3. The van der Waals surface area contributed by atoms with E-state index >= 15 is 0 Å². The number of hydrogen-bond donors (Lipinski definition) is 1. The number of para-hydroxylation sites is 2. The van der Waals surface area contributed by atoms with Gasteiger partial charge in [-0.2, -0.15) is 4.98 Å². The Balaban J connectivity index is 1.53. The van der Waals surface area contributed by atoms with Gasteiger partial charge in [0.1, 0.15) is 11.6 Å². The number of aromatic nitrogens is 2. The summed E-state index contributed by atoms with van der Waals surface area (Å²) in [5.41, 5.74) is 3.64. The molecule has 1 N–H and O–H groups in total. The van der Waals surface area contributed by atoms with Gasteiger partial charge >= 0.3 is 0 Å². The van der Waals surface area contributed by atoms with Crippen molar-refractivity contribution in [2.45, 2.75) is 13.0 Å². The van der Waals surface area contributed by atoms with Gasteiger partial charge in [0.05, 0.1) is 7.11 Å². The van der Waals surface area contributed by atoms with Gasteiger partial charge in [0, 0.05) is 30.5 Å². The zero-order valence-electron chi connectivity index (χ0n) is 14.1. The molecule has 1 aromatic heterocycles. The van der Waals surface area contributed by atoms with Crippen LogP contribution in [0.1, 0.15) is 11.1 Å². The van der Waals surface area contributed by atoms with Gasteiger partial charge in [-0.05, 0) is 30.2 Å². The highest BCUT2D eigenvalue weighted by Gasteiger charge is 2.21. The minimum absolute atomic E-state index is 0.650. The molecule has 1 aliphatic heterocycles. The van der Waals surface area contributed by atoms with E-state index in [1.807, 2.05) is 30.3 Å². The third-order valence-corrected chi connectivity index (χ3v) is 4.42. The van der Waals surface area contributed by atoms with E-state index in [0.29, 0.717) is 6.54 Å². The molecule has 5 nitrogen and oxygen atoms in total. The quantitative estimate of drug-likeness (QED) is 0.770. The molecule has 0 unspecified atom stereocenters. The highest BCUT2D eigenvalue weighted by molar-refractivity contribution is 5.66. The van der Waals surface area contributed by atoms with Crippen LogP contribution < -0.4 is 15.0 Å². The van der Waals surface area contributed by atoms with Gasteiger partial charge in [0.25, 0.3) is 0 Å². The monoisotopic (exact) mass is 332 g/mol. The average Bonchev–Trinajstić information content (AvgIpc) is 3.11. The number of methoxy groups -OCH3 is 1. The summed E-state index contributed by atoms with van der Waals surface area (Å²) in [6.45, 7) is 1.56. The molecule has 0 fully saturated rings. The van der Waals surface area contributed by atoms with Crippen molar-refractivity contribution in [3.63, 3.8) is 0 Å². The largest absolute Gasteiger partial charge is 0.496 e. The molecule has 2 aromatic carbocycles. The fraction of sp³-hybridized carbons (Fsp3) is 0.200. The van der Waals surface area contributed by atoms with Gasteiger partial charge in [-0.1, -0.05) is 36.4 Å². The van der Waals surface area contributed by atoms with E-state index < -0.39 is 0 Å². The second-order valence-electron chi connectivity index (χ2n) is 5.94. The fourth-order valence-corrected chi connectivity index (χ4v) is 3.16. The highest BCUT2D eigenvalue weighted by atomic mass is 16.5. The van der Waals surface area contributed by atoms with Crippen LogP contribution in [-0.4, -0.2) is 23.6 Å². The first-order valence-electron chi connectivity index (χ1n) is 8.39. The third kappa shape index (κ3) is 3.13. The van der Waals surface area contributed by atoms with Crippen LogP contribution in [0.2, 0.25) is 0 Å². The molecular formula is C20H20N4O. The first-order valence-corrected chi connectivity index (χ1v) is 8.39. The molecule has 1 aliphatic rings. The lowest BCUT2D eigenvalue weighted by Crippen LogP contribution is -2.17. The van der Waals surface area contributed by atoms with E-state index in [2.05, 4.69) is 44.5 Å². The number of rotatable bonds is 5. The van der Waals surface area contributed by atoms with E-state index in [1.54, 1.807) is 13.3 Å². The van der Waals surface area contributed by atoms with Crippen molar-refractivity contribution in [3.05, 3.63) is 71.9 Å². The molecule has 0 bridgehead atoms. The van der Waals surface area contributed by atoms with E-state index in [9.17, 15) is 0 Å². The van der Waals surface area contributed by atoms with Crippen molar-refractivity contribution < 1.29 is 4.74 Å². The summed E-state index contributed by atoms with van der Waals surface area (Å²) in [6, 6.07) is 18.3. The van der Waals surface area contributed by atoms with E-state index in [-0.39, 0.29) is 0 Å². The number of benzene rings is 2. The standard InChI is InChI=1S/C20H20N4O/c1-25-18-9-5-3-7-16(18)14-22-19-10-12-21-20(23-19)24-13-11-15-6-2-4-8-17(15)24/h2-10,12H,11,13-14H2,1H3,(H,21,22,23). The molecule has 5 heteroatoms. The summed E-state index contributed by atoms with van der Waals surface area (Å²) in [7, 11) is 1.69. The van der Waals surface area contributed by atoms with Crippen LogP contribution >= 0.6 is 0 Å². The molecular weight excluding hydrogens is 312 g/mol. The Kier molecular flexibility index (Phi) is 4.21. The van der Waals surface area contributed by atoms with Gasteiger partial charge in [0.2, 0.25) is 5.95 Å². The summed E-state index contributed by atoms with van der Waals surface area (Å²) in [5.74, 6) is 2.41. The molecule has 0 spiro atoms. The molecule has 0 saturated carbocycles. The van der Waals surface area contributed by atoms with Crippen molar-refractivity contribution in [1.29, 1.82) is 0 Å². The van der Waals surface area contributed by atoms with Crippen LogP contribution in [0.5, 0.6) is 5.75 Å². The average molecular weight is 332 g/mol. The number of fused-ring (bicyclic) bond motifs is 1. The molecule has 25 heavy (non-hydrogen) atoms. The summed E-state index contributed by atoms with van der Waals surface area (Å²) in [6.07, 6.45) is 2.83. The molecule has 0 atom stereocenters. The highest BCUT2D eigenvalue weighted by Crippen LogP contribution is 2.32. The SMILES string of the molecule is COc1ccccc1CNc1ccnc(N2CCc3ccccc32)n1. The second-order valence-corrected chi connectivity index (χ2v) is 5.94. The Morgan fingerprint density at radius 3 is 2.84 bits per heavy atom. The van der Waals surface area contributed by atoms with E-state index in [0.717, 1.165) is 36.0 Å². The molecule has 3 aromatic rings. The van der Waals surface area contributed by atoms with Crippen LogP contribution in [0.25, 0.3) is 0 Å². The summed E-state index contributed by atoms with van der Waals surface area (Å²) >= 11 is 0. The third-order valence-electron chi connectivity index (χ3n) is 4.42. The molecule has 0 aliphatic carbocycles. The van der Waals surface area contributed by atoms with Crippen LogP contribution in [0, 0.1) is 0 Å². The van der Waals surface area contributed by atoms with Crippen LogP contribution in [0.15, 0.2) is 60.8 Å². The molecule has 2 heterocycles. The number of hydrogen-bond acceptors (Lipinski definition) is 5. The normalized spacial score (nSPS) is 12.8. The lowest BCUT2D eigenvalue weighted by atomic mass is 10.2. The summed E-state index contributed by atoms with van der Waals surface area (Å²) in [4.78, 5) is 11.3. The smallest absolute Gasteiger partial charge is 0.231 e. The Bertz CT molecular complexity index is 881. The van der Waals surface area contributed by atoms with Crippen LogP contribution in [-0.2, 0) is 13.0 Å². The lowest BCUT2D eigenvalue weighted by Gasteiger charge is -2.18. The van der Waals surface area contributed by atoms with Gasteiger partial charge in [-0.3, -0.25) is 0 Å².